The van der Waals surface area contributed by atoms with E-state index in [0.29, 0.717) is 5.75 Å². The molecule has 1 aliphatic carbocycles. The van der Waals surface area contributed by atoms with Crippen molar-refractivity contribution in [3.63, 3.8) is 0 Å². The minimum absolute atomic E-state index is 0.0673. The lowest BCUT2D eigenvalue weighted by atomic mass is 9.96. The van der Waals surface area contributed by atoms with Crippen molar-refractivity contribution in [1.29, 1.82) is 0 Å². The first kappa shape index (κ1) is 18.7. The van der Waals surface area contributed by atoms with Crippen molar-refractivity contribution in [3.05, 3.63) is 47.4 Å². The lowest BCUT2D eigenvalue weighted by molar-refractivity contribution is -0.123. The number of fused-ring (bicyclic) bond motifs is 1. The van der Waals surface area contributed by atoms with Gasteiger partial charge in [-0.1, -0.05) is 0 Å². The molecular formula is C21H25FN4O2. The molecule has 4 rings (SSSR count). The summed E-state index contributed by atoms with van der Waals surface area (Å²) in [5.74, 6) is 0.950. The van der Waals surface area contributed by atoms with Gasteiger partial charge in [0.05, 0.1) is 5.69 Å². The van der Waals surface area contributed by atoms with Gasteiger partial charge in [0, 0.05) is 19.1 Å². The van der Waals surface area contributed by atoms with Crippen LogP contribution in [0, 0.1) is 5.82 Å². The second-order valence-corrected chi connectivity index (χ2v) is 7.45. The summed E-state index contributed by atoms with van der Waals surface area (Å²) in [5, 5.41) is 11.9. The Labute approximate surface area is 164 Å². The van der Waals surface area contributed by atoms with E-state index in [-0.39, 0.29) is 24.4 Å². The van der Waals surface area contributed by atoms with Crippen LogP contribution in [0.15, 0.2) is 30.3 Å². The van der Waals surface area contributed by atoms with E-state index in [4.69, 9.17) is 4.74 Å². The molecule has 1 fully saturated rings. The van der Waals surface area contributed by atoms with Gasteiger partial charge in [0.25, 0.3) is 5.91 Å². The van der Waals surface area contributed by atoms with Crippen LogP contribution in [0.2, 0.25) is 0 Å². The predicted octanol–water partition coefficient (Wildman–Crippen LogP) is 2.66. The van der Waals surface area contributed by atoms with Gasteiger partial charge >= 0.3 is 0 Å². The number of aryl methyl sites for hydroxylation is 2. The monoisotopic (exact) mass is 384 g/mol. The number of carbonyl (C=O) groups excluding carboxylic acids is 1. The molecule has 1 saturated heterocycles. The molecule has 7 heteroatoms. The largest absolute Gasteiger partial charge is 0.484 e. The number of carbonyl (C=O) groups is 1. The molecule has 1 aliphatic heterocycles. The van der Waals surface area contributed by atoms with Crippen LogP contribution in [-0.4, -0.2) is 41.8 Å². The standard InChI is InChI=1S/C21H25FN4O2/c22-16-5-7-18(8-6-16)28-14-21(27)23-17-9-11-26(12-10-17)20-13-15-3-1-2-4-19(15)24-25-20/h5-8,13,17H,1-4,9-12,14H2,(H,23,27). The number of halogens is 1. The Kier molecular flexibility index (Phi) is 5.69. The maximum atomic E-state index is 12.9. The van der Waals surface area contributed by atoms with Crippen LogP contribution < -0.4 is 15.0 Å². The lowest BCUT2D eigenvalue weighted by Crippen LogP contribution is -2.46. The average molecular weight is 384 g/mol. The summed E-state index contributed by atoms with van der Waals surface area (Å²) in [4.78, 5) is 14.4. The molecule has 0 unspecified atom stereocenters. The minimum Gasteiger partial charge on any atom is -0.484 e. The van der Waals surface area contributed by atoms with Crippen LogP contribution in [0.1, 0.15) is 36.9 Å². The quantitative estimate of drug-likeness (QED) is 0.859. The molecule has 0 bridgehead atoms. The maximum absolute atomic E-state index is 12.9. The van der Waals surface area contributed by atoms with E-state index in [0.717, 1.165) is 50.3 Å². The Morgan fingerprint density at radius 1 is 1.14 bits per heavy atom. The highest BCUT2D eigenvalue weighted by Crippen LogP contribution is 2.24. The summed E-state index contributed by atoms with van der Waals surface area (Å²) in [6.07, 6.45) is 6.29. The highest BCUT2D eigenvalue weighted by Gasteiger charge is 2.23. The molecule has 28 heavy (non-hydrogen) atoms. The number of amides is 1. The summed E-state index contributed by atoms with van der Waals surface area (Å²) in [5.41, 5.74) is 2.49. The van der Waals surface area contributed by atoms with Crippen molar-refractivity contribution >= 4 is 11.7 Å². The van der Waals surface area contributed by atoms with Crippen LogP contribution >= 0.6 is 0 Å². The highest BCUT2D eigenvalue weighted by molar-refractivity contribution is 5.77. The third-order valence-electron chi connectivity index (χ3n) is 5.42. The Bertz CT molecular complexity index is 820. The van der Waals surface area contributed by atoms with Gasteiger partial charge in [-0.2, -0.15) is 5.10 Å². The van der Waals surface area contributed by atoms with Gasteiger partial charge in [-0.05, 0) is 74.4 Å². The normalized spacial score (nSPS) is 17.1. The molecule has 2 aliphatic rings. The maximum Gasteiger partial charge on any atom is 0.258 e. The molecule has 1 aromatic carbocycles. The fraction of sp³-hybridized carbons (Fsp3) is 0.476. The Hall–Kier alpha value is -2.70. The topological polar surface area (TPSA) is 67.3 Å². The van der Waals surface area contributed by atoms with Gasteiger partial charge < -0.3 is 15.0 Å². The second-order valence-electron chi connectivity index (χ2n) is 7.45. The Morgan fingerprint density at radius 3 is 2.68 bits per heavy atom. The van der Waals surface area contributed by atoms with Gasteiger partial charge in [0.15, 0.2) is 12.4 Å². The molecule has 2 heterocycles. The number of hydrogen-bond acceptors (Lipinski definition) is 5. The second kappa shape index (κ2) is 8.54. The number of piperidine rings is 1. The van der Waals surface area contributed by atoms with E-state index in [2.05, 4.69) is 26.5 Å². The number of rotatable bonds is 5. The van der Waals surface area contributed by atoms with Gasteiger partial charge in [0.2, 0.25) is 0 Å². The van der Waals surface area contributed by atoms with E-state index >= 15 is 0 Å². The average Bonchev–Trinajstić information content (AvgIpc) is 2.73. The lowest BCUT2D eigenvalue weighted by Gasteiger charge is -2.33. The van der Waals surface area contributed by atoms with Crippen molar-refractivity contribution in [3.8, 4) is 5.75 Å². The number of anilines is 1. The molecule has 1 aromatic heterocycles. The Balaban J connectivity index is 1.24. The third-order valence-corrected chi connectivity index (χ3v) is 5.42. The van der Waals surface area contributed by atoms with Crippen LogP contribution in [0.5, 0.6) is 5.75 Å². The molecular weight excluding hydrogens is 359 g/mol. The fourth-order valence-electron chi connectivity index (χ4n) is 3.84. The van der Waals surface area contributed by atoms with E-state index < -0.39 is 0 Å². The van der Waals surface area contributed by atoms with Crippen molar-refractivity contribution in [2.24, 2.45) is 0 Å². The van der Waals surface area contributed by atoms with Gasteiger partial charge in [-0.15, -0.1) is 5.10 Å². The predicted molar refractivity (Wildman–Crippen MR) is 104 cm³/mol. The number of benzene rings is 1. The first-order chi connectivity index (χ1) is 13.7. The highest BCUT2D eigenvalue weighted by atomic mass is 19.1. The molecule has 2 aromatic rings. The van der Waals surface area contributed by atoms with E-state index in [1.807, 2.05) is 0 Å². The summed E-state index contributed by atoms with van der Waals surface area (Å²) in [7, 11) is 0. The van der Waals surface area contributed by atoms with Crippen LogP contribution in [0.25, 0.3) is 0 Å². The zero-order valence-corrected chi connectivity index (χ0v) is 15.9. The minimum atomic E-state index is -0.327. The summed E-state index contributed by atoms with van der Waals surface area (Å²) < 4.78 is 18.3. The SMILES string of the molecule is O=C(COc1ccc(F)cc1)NC1CCN(c2cc3c(nn2)CCCC3)CC1. The summed E-state index contributed by atoms with van der Waals surface area (Å²) >= 11 is 0. The van der Waals surface area contributed by atoms with Gasteiger partial charge in [-0.25, -0.2) is 4.39 Å². The first-order valence-electron chi connectivity index (χ1n) is 9.95. The van der Waals surface area contributed by atoms with Crippen LogP contribution in [-0.2, 0) is 17.6 Å². The van der Waals surface area contributed by atoms with E-state index in [9.17, 15) is 9.18 Å². The first-order valence-corrected chi connectivity index (χ1v) is 9.95. The van der Waals surface area contributed by atoms with Gasteiger partial charge in [0.1, 0.15) is 11.6 Å². The van der Waals surface area contributed by atoms with Crippen molar-refractivity contribution in [2.45, 2.75) is 44.6 Å². The number of nitrogens with zero attached hydrogens (tertiary/aromatic N) is 3. The van der Waals surface area contributed by atoms with E-state index in [1.54, 1.807) is 0 Å². The molecule has 1 N–H and O–H groups in total. The van der Waals surface area contributed by atoms with Crippen molar-refractivity contribution in [2.75, 3.05) is 24.6 Å². The van der Waals surface area contributed by atoms with Crippen molar-refractivity contribution < 1.29 is 13.9 Å². The molecule has 148 valence electrons. The summed E-state index contributed by atoms with van der Waals surface area (Å²) in [6.45, 7) is 1.62. The number of ether oxygens (including phenoxy) is 1. The van der Waals surface area contributed by atoms with Crippen LogP contribution in [0.4, 0.5) is 10.2 Å². The summed E-state index contributed by atoms with van der Waals surface area (Å²) in [6, 6.07) is 7.98. The smallest absolute Gasteiger partial charge is 0.258 e. The number of nitrogens with one attached hydrogen (secondary N) is 1. The van der Waals surface area contributed by atoms with Crippen LogP contribution in [0.3, 0.4) is 0 Å². The van der Waals surface area contributed by atoms with Crippen molar-refractivity contribution in [1.82, 2.24) is 15.5 Å². The number of hydrogen-bond donors (Lipinski definition) is 1. The molecule has 0 radical (unpaired) electrons. The number of aromatic nitrogens is 2. The third kappa shape index (κ3) is 4.58. The van der Waals surface area contributed by atoms with Gasteiger partial charge in [-0.3, -0.25) is 4.79 Å². The molecule has 0 saturated carbocycles. The molecule has 1 amide bonds. The molecule has 6 nitrogen and oxygen atoms in total. The zero-order valence-electron chi connectivity index (χ0n) is 15.9. The molecule has 0 atom stereocenters. The van der Waals surface area contributed by atoms with E-state index in [1.165, 1.54) is 42.7 Å². The zero-order chi connectivity index (χ0) is 19.3. The molecule has 0 spiro atoms. The fourth-order valence-corrected chi connectivity index (χ4v) is 3.84. The Morgan fingerprint density at radius 2 is 1.89 bits per heavy atom.